The van der Waals surface area contributed by atoms with Crippen molar-refractivity contribution in [1.82, 2.24) is 4.90 Å². The molecule has 2 aliphatic rings. The minimum absolute atomic E-state index is 0.00585. The van der Waals surface area contributed by atoms with Crippen LogP contribution >= 0.6 is 0 Å². The van der Waals surface area contributed by atoms with E-state index in [1.807, 2.05) is 25.7 Å². The summed E-state index contributed by atoms with van der Waals surface area (Å²) >= 11 is 0. The molecule has 2 rings (SSSR count). The summed E-state index contributed by atoms with van der Waals surface area (Å²) in [6, 6.07) is -0.285. The molecule has 1 saturated heterocycles. The maximum Gasteiger partial charge on any atom is 0.410 e. The van der Waals surface area contributed by atoms with E-state index in [4.69, 9.17) is 13.6 Å². The lowest BCUT2D eigenvalue weighted by Crippen LogP contribution is -2.49. The molecule has 0 saturated carbocycles. The summed E-state index contributed by atoms with van der Waals surface area (Å²) in [5, 5.41) is 11.2. The first-order valence-corrected chi connectivity index (χ1v) is 21.9. The monoisotopic (exact) mass is 611 g/mol. The van der Waals surface area contributed by atoms with Crippen LogP contribution in [-0.4, -0.2) is 70.2 Å². The van der Waals surface area contributed by atoms with Crippen molar-refractivity contribution >= 4 is 22.7 Å². The third-order valence-corrected chi connectivity index (χ3v) is 19.6. The average Bonchev–Trinajstić information content (AvgIpc) is 3.06. The first kappa shape index (κ1) is 36.5. The third-order valence-electron chi connectivity index (χ3n) is 10.5. The van der Waals surface area contributed by atoms with E-state index >= 15 is 0 Å². The van der Waals surface area contributed by atoms with Gasteiger partial charge in [-0.2, -0.15) is 0 Å². The lowest BCUT2D eigenvalue weighted by molar-refractivity contribution is 0.00188. The first-order chi connectivity index (χ1) is 18.5. The zero-order valence-corrected chi connectivity index (χ0v) is 31.1. The maximum absolute atomic E-state index is 13.8. The van der Waals surface area contributed by atoms with Gasteiger partial charge < -0.3 is 18.7 Å². The Bertz CT molecular complexity index is 899. The van der Waals surface area contributed by atoms with Gasteiger partial charge in [0.2, 0.25) is 0 Å². The molecule has 41 heavy (non-hydrogen) atoms. The van der Waals surface area contributed by atoms with Crippen LogP contribution in [-0.2, 0) is 13.6 Å². The Kier molecular flexibility index (Phi) is 11.7. The molecule has 0 aromatic heterocycles. The first-order valence-electron chi connectivity index (χ1n) is 16.1. The number of allylic oxidation sites excluding steroid dienone is 1. The predicted octanol–water partition coefficient (Wildman–Crippen LogP) is 8.77. The highest BCUT2D eigenvalue weighted by Gasteiger charge is 2.60. The second-order valence-electron chi connectivity index (χ2n) is 16.9. The molecular formula is C33H65NO5Si2. The van der Waals surface area contributed by atoms with Crippen molar-refractivity contribution in [3.8, 4) is 0 Å². The van der Waals surface area contributed by atoms with Crippen molar-refractivity contribution in [2.75, 3.05) is 19.8 Å². The van der Waals surface area contributed by atoms with Gasteiger partial charge in [-0.15, -0.1) is 0 Å². The Labute approximate surface area is 255 Å². The number of hydrogen-bond donors (Lipinski definition) is 1. The van der Waals surface area contributed by atoms with Gasteiger partial charge in [0.05, 0.1) is 12.6 Å². The van der Waals surface area contributed by atoms with E-state index in [2.05, 4.69) is 86.8 Å². The highest BCUT2D eigenvalue weighted by molar-refractivity contribution is 6.74. The molecule has 0 spiro atoms. The van der Waals surface area contributed by atoms with Gasteiger partial charge in [0.1, 0.15) is 5.60 Å². The SMILES string of the molecule is C[C@@H]1C=C[C@@]2(CCCO[Si](C)(C)C(C)(C)C)[C@H](CCCO[Si](C)(C)C(C)(C)C)[C@@H](CO)N(C(=O)OC(C)(C)C)[C@H]2C1. The smallest absolute Gasteiger partial charge is 0.410 e. The zero-order chi connectivity index (χ0) is 31.7. The van der Waals surface area contributed by atoms with Crippen LogP contribution in [0.5, 0.6) is 0 Å². The molecule has 5 atom stereocenters. The van der Waals surface area contributed by atoms with E-state index in [1.54, 1.807) is 0 Å². The minimum atomic E-state index is -1.85. The van der Waals surface area contributed by atoms with Gasteiger partial charge >= 0.3 is 6.09 Å². The molecule has 1 aliphatic heterocycles. The Morgan fingerprint density at radius 3 is 1.90 bits per heavy atom. The molecule has 8 heteroatoms. The van der Waals surface area contributed by atoms with Crippen LogP contribution in [0.3, 0.4) is 0 Å². The molecule has 1 aliphatic carbocycles. The Morgan fingerprint density at radius 1 is 0.927 bits per heavy atom. The fourth-order valence-corrected chi connectivity index (χ4v) is 8.26. The van der Waals surface area contributed by atoms with Crippen LogP contribution in [0.2, 0.25) is 36.3 Å². The molecule has 1 amide bonds. The molecule has 0 aromatic rings. The summed E-state index contributed by atoms with van der Waals surface area (Å²) in [5.41, 5.74) is -0.813. The highest BCUT2D eigenvalue weighted by atomic mass is 28.4. The number of carbonyl (C=O) groups excluding carboxylic acids is 1. The molecule has 0 bridgehead atoms. The highest BCUT2D eigenvalue weighted by Crippen LogP contribution is 2.56. The van der Waals surface area contributed by atoms with Crippen molar-refractivity contribution in [2.24, 2.45) is 17.3 Å². The lowest BCUT2D eigenvalue weighted by atomic mass is 9.63. The van der Waals surface area contributed by atoms with Crippen LogP contribution in [0.4, 0.5) is 4.79 Å². The number of carbonyl (C=O) groups is 1. The van der Waals surface area contributed by atoms with Gasteiger partial charge in [0.15, 0.2) is 16.6 Å². The van der Waals surface area contributed by atoms with Gasteiger partial charge in [-0.3, -0.25) is 4.90 Å². The second-order valence-corrected chi connectivity index (χ2v) is 26.5. The number of aliphatic hydroxyl groups is 1. The van der Waals surface area contributed by atoms with Crippen molar-refractivity contribution in [3.63, 3.8) is 0 Å². The van der Waals surface area contributed by atoms with Gasteiger partial charge in [-0.1, -0.05) is 60.6 Å². The summed E-state index contributed by atoms with van der Waals surface area (Å²) < 4.78 is 19.1. The van der Waals surface area contributed by atoms with Crippen molar-refractivity contribution < 1.29 is 23.5 Å². The molecule has 0 unspecified atom stereocenters. The number of rotatable bonds is 11. The van der Waals surface area contributed by atoms with Crippen molar-refractivity contribution in [3.05, 3.63) is 12.2 Å². The summed E-state index contributed by atoms with van der Waals surface area (Å²) in [7, 11) is -3.70. The van der Waals surface area contributed by atoms with Crippen LogP contribution in [0.15, 0.2) is 12.2 Å². The molecular weight excluding hydrogens is 547 g/mol. The van der Waals surface area contributed by atoms with Gasteiger partial charge in [0, 0.05) is 24.7 Å². The molecule has 0 aromatic carbocycles. The standard InChI is InChI=1S/C33H65NO5Si2/c1-25-18-20-33(19-16-22-38-41(13,14)32(8,9)10)26(17-15-21-37-40(11,12)31(5,6)7)27(24-35)34(28(33)23-25)29(36)39-30(2,3)4/h18,20,25-28,35H,15-17,19,21-24H2,1-14H3/t25-,26-,27-,28+,33+/m1/s1. The van der Waals surface area contributed by atoms with Crippen molar-refractivity contribution in [1.29, 1.82) is 0 Å². The number of nitrogens with zero attached hydrogens (tertiary/aromatic N) is 1. The molecule has 0 radical (unpaired) electrons. The summed E-state index contributed by atoms with van der Waals surface area (Å²) in [5.74, 6) is 0.492. The van der Waals surface area contributed by atoms with Crippen LogP contribution in [0.25, 0.3) is 0 Å². The number of likely N-dealkylation sites (tertiary alicyclic amines) is 1. The van der Waals surface area contributed by atoms with E-state index in [9.17, 15) is 9.90 Å². The topological polar surface area (TPSA) is 68.2 Å². The summed E-state index contributed by atoms with van der Waals surface area (Å²) in [6.07, 6.45) is 9.00. The zero-order valence-electron chi connectivity index (χ0n) is 29.1. The van der Waals surface area contributed by atoms with E-state index < -0.39 is 22.2 Å². The summed E-state index contributed by atoms with van der Waals surface area (Å²) in [6.45, 7) is 32.2. The number of hydrogen-bond acceptors (Lipinski definition) is 5. The van der Waals surface area contributed by atoms with Crippen LogP contribution < -0.4 is 0 Å². The number of aliphatic hydroxyl groups excluding tert-OH is 1. The second kappa shape index (κ2) is 13.1. The largest absolute Gasteiger partial charge is 0.444 e. The fraction of sp³-hybridized carbons (Fsp3) is 0.909. The maximum atomic E-state index is 13.8. The number of amides is 1. The third kappa shape index (κ3) is 8.71. The molecule has 1 fully saturated rings. The molecule has 6 nitrogen and oxygen atoms in total. The van der Waals surface area contributed by atoms with Crippen molar-refractivity contribution in [2.45, 2.75) is 155 Å². The Hall–Kier alpha value is -0.676. The van der Waals surface area contributed by atoms with Gasteiger partial charge in [0.25, 0.3) is 0 Å². The quantitative estimate of drug-likeness (QED) is 0.144. The molecule has 1 N–H and O–H groups in total. The van der Waals surface area contributed by atoms with Crippen LogP contribution in [0.1, 0.15) is 101 Å². The average molecular weight is 612 g/mol. The Balaban J connectivity index is 2.38. The molecule has 240 valence electrons. The number of ether oxygens (including phenoxy) is 1. The van der Waals surface area contributed by atoms with E-state index in [-0.39, 0.29) is 46.2 Å². The van der Waals surface area contributed by atoms with Crippen LogP contribution in [0, 0.1) is 17.3 Å². The van der Waals surface area contributed by atoms with Gasteiger partial charge in [-0.05, 0) is 101 Å². The predicted molar refractivity (Wildman–Crippen MR) is 176 cm³/mol. The fourth-order valence-electron chi connectivity index (χ4n) is 6.09. The Morgan fingerprint density at radius 2 is 1.44 bits per heavy atom. The number of fused-ring (bicyclic) bond motifs is 1. The lowest BCUT2D eigenvalue weighted by Gasteiger charge is -2.43. The normalized spacial score (nSPS) is 27.7. The minimum Gasteiger partial charge on any atom is -0.444 e. The summed E-state index contributed by atoms with van der Waals surface area (Å²) in [4.78, 5) is 15.7. The van der Waals surface area contributed by atoms with E-state index in [0.29, 0.717) is 12.5 Å². The van der Waals surface area contributed by atoms with E-state index in [1.165, 1.54) is 0 Å². The molecule has 1 heterocycles. The van der Waals surface area contributed by atoms with E-state index in [0.717, 1.165) is 38.7 Å². The van der Waals surface area contributed by atoms with Gasteiger partial charge in [-0.25, -0.2) is 4.79 Å².